The molecule has 0 saturated carbocycles. The SMILES string of the molecule is Cn1ccnc1[C@@H](NC(=O)C1CCN(S(=O)(=O)c2ccccc2C#N)CC1)c1cccc(F)c1. The summed E-state index contributed by atoms with van der Waals surface area (Å²) >= 11 is 0. The molecule has 10 heteroatoms. The zero-order valence-electron chi connectivity index (χ0n) is 18.6. The van der Waals surface area contributed by atoms with E-state index < -0.39 is 27.8 Å². The lowest BCUT2D eigenvalue weighted by Gasteiger charge is -2.31. The van der Waals surface area contributed by atoms with Crippen LogP contribution in [0.2, 0.25) is 0 Å². The second-order valence-corrected chi connectivity index (χ2v) is 10.1. The Kier molecular flexibility index (Phi) is 6.77. The minimum atomic E-state index is -3.84. The molecule has 0 unspecified atom stereocenters. The minimum Gasteiger partial charge on any atom is -0.342 e. The molecule has 8 nitrogen and oxygen atoms in total. The van der Waals surface area contributed by atoms with E-state index in [4.69, 9.17) is 0 Å². The average Bonchev–Trinajstić information content (AvgIpc) is 3.27. The Morgan fingerprint density at radius 2 is 1.94 bits per heavy atom. The monoisotopic (exact) mass is 481 g/mol. The summed E-state index contributed by atoms with van der Waals surface area (Å²) < 4.78 is 43.1. The van der Waals surface area contributed by atoms with Crippen molar-refractivity contribution in [1.82, 2.24) is 19.2 Å². The van der Waals surface area contributed by atoms with Crippen LogP contribution in [0.1, 0.15) is 35.8 Å². The molecule has 0 radical (unpaired) electrons. The molecule has 0 spiro atoms. The van der Waals surface area contributed by atoms with Crippen molar-refractivity contribution in [3.8, 4) is 6.07 Å². The normalized spacial score (nSPS) is 16.0. The number of rotatable bonds is 6. The Bertz CT molecular complexity index is 1340. The van der Waals surface area contributed by atoms with E-state index in [1.165, 1.54) is 28.6 Å². The van der Waals surface area contributed by atoms with E-state index in [-0.39, 0.29) is 29.5 Å². The largest absolute Gasteiger partial charge is 0.342 e. The van der Waals surface area contributed by atoms with Crippen LogP contribution in [0.4, 0.5) is 4.39 Å². The lowest BCUT2D eigenvalue weighted by Crippen LogP contribution is -2.44. The van der Waals surface area contributed by atoms with Gasteiger partial charge in [-0.1, -0.05) is 24.3 Å². The maximum atomic E-state index is 13.9. The van der Waals surface area contributed by atoms with Crippen LogP contribution in [0.5, 0.6) is 0 Å². The standard InChI is InChI=1S/C24H24FN5O3S/c1-29-14-11-27-23(29)22(18-6-4-7-20(25)15-18)28-24(31)17-9-12-30(13-10-17)34(32,33)21-8-3-2-5-19(21)16-26/h2-8,11,14-15,17,22H,9-10,12-13H2,1H3,(H,28,31)/t22-/m0/s1. The maximum absolute atomic E-state index is 13.9. The van der Waals surface area contributed by atoms with E-state index in [2.05, 4.69) is 10.3 Å². The van der Waals surface area contributed by atoms with Crippen molar-refractivity contribution in [2.75, 3.05) is 13.1 Å². The predicted molar refractivity (Wildman–Crippen MR) is 122 cm³/mol. The molecule has 2 heterocycles. The molecule has 0 bridgehead atoms. The van der Waals surface area contributed by atoms with Gasteiger partial charge in [0.2, 0.25) is 15.9 Å². The number of hydrogen-bond donors (Lipinski definition) is 1. The fourth-order valence-corrected chi connectivity index (χ4v) is 5.79. The third kappa shape index (κ3) is 4.71. The number of amides is 1. The van der Waals surface area contributed by atoms with E-state index >= 15 is 0 Å². The quantitative estimate of drug-likeness (QED) is 0.583. The highest BCUT2D eigenvalue weighted by molar-refractivity contribution is 7.89. The lowest BCUT2D eigenvalue weighted by molar-refractivity contribution is -0.126. The van der Waals surface area contributed by atoms with Gasteiger partial charge in [0.1, 0.15) is 23.8 Å². The molecule has 1 saturated heterocycles. The molecular weight excluding hydrogens is 457 g/mol. The van der Waals surface area contributed by atoms with E-state index in [0.29, 0.717) is 24.2 Å². The fourth-order valence-electron chi connectivity index (χ4n) is 4.18. The van der Waals surface area contributed by atoms with Gasteiger partial charge in [-0.05, 0) is 42.7 Å². The van der Waals surface area contributed by atoms with Crippen molar-refractivity contribution >= 4 is 15.9 Å². The van der Waals surface area contributed by atoms with Crippen LogP contribution in [-0.2, 0) is 21.9 Å². The number of carbonyl (C=O) groups excluding carboxylic acids is 1. The van der Waals surface area contributed by atoms with Crippen LogP contribution in [0.15, 0.2) is 65.8 Å². The first-order valence-electron chi connectivity index (χ1n) is 10.8. The number of nitrogens with one attached hydrogen (secondary N) is 1. The third-order valence-corrected chi connectivity index (χ3v) is 7.99. The number of nitrogens with zero attached hydrogens (tertiary/aromatic N) is 4. The Hall–Kier alpha value is -3.55. The molecule has 1 N–H and O–H groups in total. The van der Waals surface area contributed by atoms with Gasteiger partial charge in [0.25, 0.3) is 0 Å². The molecule has 1 aromatic heterocycles. The highest BCUT2D eigenvalue weighted by atomic mass is 32.2. The van der Waals surface area contributed by atoms with Crippen molar-refractivity contribution in [1.29, 1.82) is 5.26 Å². The Balaban J connectivity index is 1.48. The van der Waals surface area contributed by atoms with Crippen molar-refractivity contribution in [2.45, 2.75) is 23.8 Å². The molecular formula is C24H24FN5O3S. The Morgan fingerprint density at radius 3 is 2.59 bits per heavy atom. The third-order valence-electron chi connectivity index (χ3n) is 6.04. The number of aryl methyl sites for hydroxylation is 1. The van der Waals surface area contributed by atoms with Crippen LogP contribution in [0.25, 0.3) is 0 Å². The highest BCUT2D eigenvalue weighted by Crippen LogP contribution is 2.27. The van der Waals surface area contributed by atoms with Crippen LogP contribution in [0.3, 0.4) is 0 Å². The number of carbonyl (C=O) groups is 1. The molecule has 4 rings (SSSR count). The molecule has 1 amide bonds. The second kappa shape index (κ2) is 9.75. The van der Waals surface area contributed by atoms with Gasteiger partial charge in [-0.25, -0.2) is 17.8 Å². The summed E-state index contributed by atoms with van der Waals surface area (Å²) in [7, 11) is -2.05. The van der Waals surface area contributed by atoms with Gasteiger partial charge in [-0.2, -0.15) is 9.57 Å². The van der Waals surface area contributed by atoms with Gasteiger partial charge in [0.15, 0.2) is 0 Å². The molecule has 176 valence electrons. The summed E-state index contributed by atoms with van der Waals surface area (Å²) in [5.74, 6) is -0.505. The van der Waals surface area contributed by atoms with Gasteiger partial charge in [0, 0.05) is 38.4 Å². The van der Waals surface area contributed by atoms with Gasteiger partial charge in [-0.3, -0.25) is 4.79 Å². The summed E-state index contributed by atoms with van der Waals surface area (Å²) in [5, 5.41) is 12.2. The van der Waals surface area contributed by atoms with Crippen LogP contribution in [0, 0.1) is 23.1 Å². The number of piperidine rings is 1. The lowest BCUT2D eigenvalue weighted by atomic mass is 9.96. The number of halogens is 1. The molecule has 1 aliphatic heterocycles. The molecule has 2 aromatic carbocycles. The van der Waals surface area contributed by atoms with E-state index in [1.807, 2.05) is 6.07 Å². The fraction of sp³-hybridized carbons (Fsp3) is 0.292. The van der Waals surface area contributed by atoms with Gasteiger partial charge >= 0.3 is 0 Å². The summed E-state index contributed by atoms with van der Waals surface area (Å²) in [4.78, 5) is 17.4. The molecule has 1 fully saturated rings. The second-order valence-electron chi connectivity index (χ2n) is 8.18. The smallest absolute Gasteiger partial charge is 0.244 e. The number of nitriles is 1. The predicted octanol–water partition coefficient (Wildman–Crippen LogP) is 2.74. The zero-order chi connectivity index (χ0) is 24.3. The van der Waals surface area contributed by atoms with Crippen molar-refractivity contribution in [2.24, 2.45) is 13.0 Å². The molecule has 3 aromatic rings. The van der Waals surface area contributed by atoms with Crippen LogP contribution < -0.4 is 5.32 Å². The Morgan fingerprint density at radius 1 is 1.21 bits per heavy atom. The first-order chi connectivity index (χ1) is 16.3. The number of aromatic nitrogens is 2. The van der Waals surface area contributed by atoms with E-state index in [1.54, 1.807) is 48.3 Å². The van der Waals surface area contributed by atoms with Gasteiger partial charge in [-0.15, -0.1) is 0 Å². The highest BCUT2D eigenvalue weighted by Gasteiger charge is 2.34. The summed E-state index contributed by atoms with van der Waals surface area (Å²) in [5.41, 5.74) is 0.658. The molecule has 1 atom stereocenters. The summed E-state index contributed by atoms with van der Waals surface area (Å²) in [6.45, 7) is 0.320. The number of benzene rings is 2. The van der Waals surface area contributed by atoms with E-state index in [0.717, 1.165) is 0 Å². The number of hydrogen-bond acceptors (Lipinski definition) is 5. The molecule has 34 heavy (non-hydrogen) atoms. The first-order valence-corrected chi connectivity index (χ1v) is 12.3. The molecule has 0 aliphatic carbocycles. The van der Waals surface area contributed by atoms with Gasteiger partial charge in [0.05, 0.1) is 10.5 Å². The van der Waals surface area contributed by atoms with Crippen LogP contribution in [-0.4, -0.2) is 41.3 Å². The Labute approximate surface area is 197 Å². The summed E-state index contributed by atoms with van der Waals surface area (Å²) in [6.07, 6.45) is 4.01. The van der Waals surface area contributed by atoms with Gasteiger partial charge < -0.3 is 9.88 Å². The van der Waals surface area contributed by atoms with E-state index in [9.17, 15) is 22.9 Å². The first kappa shape index (κ1) is 23.6. The number of imidazole rings is 1. The van der Waals surface area contributed by atoms with Crippen molar-refractivity contribution < 1.29 is 17.6 Å². The van der Waals surface area contributed by atoms with Crippen molar-refractivity contribution in [3.05, 3.63) is 83.7 Å². The summed E-state index contributed by atoms with van der Waals surface area (Å²) in [6, 6.07) is 13.4. The average molecular weight is 482 g/mol. The maximum Gasteiger partial charge on any atom is 0.244 e. The van der Waals surface area contributed by atoms with Crippen molar-refractivity contribution in [3.63, 3.8) is 0 Å². The minimum absolute atomic E-state index is 0.0265. The molecule has 1 aliphatic rings. The zero-order valence-corrected chi connectivity index (χ0v) is 19.4. The number of sulfonamides is 1. The van der Waals surface area contributed by atoms with Crippen LogP contribution >= 0.6 is 0 Å². The topological polar surface area (TPSA) is 108 Å².